The molecule has 1 amide bonds. The molecule has 3 rings (SSSR count). The SMILES string of the molecule is O=C(CN1CCCCC1C1OCCO1)N1CCOCC1. The third-order valence-electron chi connectivity index (χ3n) is 4.33. The highest BCUT2D eigenvalue weighted by molar-refractivity contribution is 5.78. The van der Waals surface area contributed by atoms with Crippen molar-refractivity contribution >= 4 is 5.91 Å². The second-order valence-electron chi connectivity index (χ2n) is 5.64. The third-order valence-corrected chi connectivity index (χ3v) is 4.33. The monoisotopic (exact) mass is 284 g/mol. The standard InChI is InChI=1S/C14H24N2O4/c17-13(15-5-7-18-8-6-15)11-16-4-2-1-3-12(16)14-19-9-10-20-14/h12,14H,1-11H2. The summed E-state index contributed by atoms with van der Waals surface area (Å²) in [6.45, 7) is 5.53. The third kappa shape index (κ3) is 3.31. The number of carbonyl (C=O) groups is 1. The van der Waals surface area contributed by atoms with E-state index in [2.05, 4.69) is 4.90 Å². The van der Waals surface area contributed by atoms with E-state index in [9.17, 15) is 4.79 Å². The lowest BCUT2D eigenvalue weighted by Crippen LogP contribution is -2.52. The molecule has 0 radical (unpaired) electrons. The highest BCUT2D eigenvalue weighted by atomic mass is 16.7. The van der Waals surface area contributed by atoms with Crippen LogP contribution in [0.5, 0.6) is 0 Å². The van der Waals surface area contributed by atoms with Gasteiger partial charge in [-0.3, -0.25) is 9.69 Å². The first-order valence-electron chi connectivity index (χ1n) is 7.67. The lowest BCUT2D eigenvalue weighted by atomic mass is 10.0. The summed E-state index contributed by atoms with van der Waals surface area (Å²) in [6.07, 6.45) is 3.25. The first-order valence-corrected chi connectivity index (χ1v) is 7.67. The maximum absolute atomic E-state index is 12.4. The number of piperidine rings is 1. The Hall–Kier alpha value is -0.690. The van der Waals surface area contributed by atoms with Crippen LogP contribution in [-0.4, -0.2) is 80.6 Å². The Labute approximate surface area is 119 Å². The summed E-state index contributed by atoms with van der Waals surface area (Å²) < 4.78 is 16.6. The van der Waals surface area contributed by atoms with E-state index in [4.69, 9.17) is 14.2 Å². The van der Waals surface area contributed by atoms with Crippen LogP contribution in [0.25, 0.3) is 0 Å². The Bertz CT molecular complexity index is 327. The minimum Gasteiger partial charge on any atom is -0.378 e. The van der Waals surface area contributed by atoms with Gasteiger partial charge in [0.05, 0.1) is 39.0 Å². The Balaban J connectivity index is 1.56. The molecule has 3 aliphatic rings. The van der Waals surface area contributed by atoms with Crippen molar-refractivity contribution in [2.75, 3.05) is 52.6 Å². The predicted octanol–water partition coefficient (Wildman–Crippen LogP) is 0.0726. The highest BCUT2D eigenvalue weighted by Gasteiger charge is 2.35. The molecule has 0 aromatic heterocycles. The van der Waals surface area contributed by atoms with Gasteiger partial charge in [-0.1, -0.05) is 6.42 Å². The van der Waals surface area contributed by atoms with Gasteiger partial charge in [-0.2, -0.15) is 0 Å². The second kappa shape index (κ2) is 6.85. The minimum absolute atomic E-state index is 0.146. The Morgan fingerprint density at radius 2 is 1.75 bits per heavy atom. The number of amides is 1. The van der Waals surface area contributed by atoms with Crippen molar-refractivity contribution in [3.05, 3.63) is 0 Å². The van der Waals surface area contributed by atoms with Gasteiger partial charge in [0.1, 0.15) is 0 Å². The molecule has 20 heavy (non-hydrogen) atoms. The maximum Gasteiger partial charge on any atom is 0.236 e. The molecular formula is C14H24N2O4. The van der Waals surface area contributed by atoms with E-state index in [1.807, 2.05) is 4.90 Å². The summed E-state index contributed by atoms with van der Waals surface area (Å²) >= 11 is 0. The molecule has 0 aliphatic carbocycles. The Morgan fingerprint density at radius 3 is 2.50 bits per heavy atom. The van der Waals surface area contributed by atoms with Crippen molar-refractivity contribution < 1.29 is 19.0 Å². The van der Waals surface area contributed by atoms with Crippen LogP contribution >= 0.6 is 0 Å². The van der Waals surface area contributed by atoms with Gasteiger partial charge in [-0.05, 0) is 19.4 Å². The van der Waals surface area contributed by atoms with Crippen LogP contribution in [0.2, 0.25) is 0 Å². The molecule has 0 saturated carbocycles. The zero-order valence-corrected chi connectivity index (χ0v) is 12.0. The molecule has 0 N–H and O–H groups in total. The van der Waals surface area contributed by atoms with Gasteiger partial charge in [0.25, 0.3) is 0 Å². The lowest BCUT2D eigenvalue weighted by Gasteiger charge is -2.38. The molecule has 3 aliphatic heterocycles. The van der Waals surface area contributed by atoms with Crippen molar-refractivity contribution in [2.24, 2.45) is 0 Å². The fraction of sp³-hybridized carbons (Fsp3) is 0.929. The molecule has 0 aromatic rings. The van der Waals surface area contributed by atoms with Gasteiger partial charge in [0.15, 0.2) is 6.29 Å². The molecule has 3 heterocycles. The molecule has 3 fully saturated rings. The van der Waals surface area contributed by atoms with Gasteiger partial charge in [-0.25, -0.2) is 0 Å². The number of nitrogens with zero attached hydrogens (tertiary/aromatic N) is 2. The highest BCUT2D eigenvalue weighted by Crippen LogP contribution is 2.24. The van der Waals surface area contributed by atoms with Gasteiger partial charge in [0.2, 0.25) is 5.91 Å². The van der Waals surface area contributed by atoms with E-state index in [1.54, 1.807) is 0 Å². The van der Waals surface area contributed by atoms with E-state index in [-0.39, 0.29) is 18.2 Å². The molecule has 114 valence electrons. The molecule has 0 spiro atoms. The average Bonchev–Trinajstić information content (AvgIpc) is 3.03. The Kier molecular flexibility index (Phi) is 4.88. The van der Waals surface area contributed by atoms with E-state index in [1.165, 1.54) is 6.42 Å². The first-order chi connectivity index (χ1) is 9.84. The summed E-state index contributed by atoms with van der Waals surface area (Å²) in [5, 5.41) is 0. The first kappa shape index (κ1) is 14.3. The summed E-state index contributed by atoms with van der Waals surface area (Å²) in [5.41, 5.74) is 0. The van der Waals surface area contributed by atoms with Gasteiger partial charge in [-0.15, -0.1) is 0 Å². The smallest absolute Gasteiger partial charge is 0.236 e. The van der Waals surface area contributed by atoms with Crippen LogP contribution in [0.4, 0.5) is 0 Å². The summed E-state index contributed by atoms with van der Waals surface area (Å²) in [4.78, 5) is 16.5. The fourth-order valence-corrected chi connectivity index (χ4v) is 3.21. The zero-order valence-electron chi connectivity index (χ0n) is 12.0. The average molecular weight is 284 g/mol. The number of ether oxygens (including phenoxy) is 3. The summed E-state index contributed by atoms with van der Waals surface area (Å²) in [6, 6.07) is 0.233. The fourth-order valence-electron chi connectivity index (χ4n) is 3.21. The molecule has 1 unspecified atom stereocenters. The van der Waals surface area contributed by atoms with Crippen LogP contribution in [-0.2, 0) is 19.0 Å². The van der Waals surface area contributed by atoms with Crippen molar-refractivity contribution in [1.29, 1.82) is 0 Å². The molecule has 0 aromatic carbocycles. The molecule has 6 heteroatoms. The molecule has 3 saturated heterocycles. The Morgan fingerprint density at radius 1 is 1.00 bits per heavy atom. The number of rotatable bonds is 3. The normalized spacial score (nSPS) is 29.8. The van der Waals surface area contributed by atoms with E-state index < -0.39 is 0 Å². The van der Waals surface area contributed by atoms with Crippen LogP contribution in [0.15, 0.2) is 0 Å². The number of carbonyl (C=O) groups excluding carboxylic acids is 1. The summed E-state index contributed by atoms with van der Waals surface area (Å²) in [5.74, 6) is 0.207. The van der Waals surface area contributed by atoms with Crippen molar-refractivity contribution in [1.82, 2.24) is 9.80 Å². The predicted molar refractivity (Wildman–Crippen MR) is 72.3 cm³/mol. The largest absolute Gasteiger partial charge is 0.378 e. The number of morpholine rings is 1. The van der Waals surface area contributed by atoms with Crippen LogP contribution in [0.3, 0.4) is 0 Å². The van der Waals surface area contributed by atoms with Gasteiger partial charge in [0, 0.05) is 13.1 Å². The number of hydrogen-bond donors (Lipinski definition) is 0. The van der Waals surface area contributed by atoms with Crippen LogP contribution < -0.4 is 0 Å². The van der Waals surface area contributed by atoms with Crippen molar-refractivity contribution in [3.8, 4) is 0 Å². The second-order valence-corrected chi connectivity index (χ2v) is 5.64. The zero-order chi connectivity index (χ0) is 13.8. The van der Waals surface area contributed by atoms with Gasteiger partial charge < -0.3 is 19.1 Å². The maximum atomic E-state index is 12.4. The lowest BCUT2D eigenvalue weighted by molar-refractivity contribution is -0.143. The molecule has 6 nitrogen and oxygen atoms in total. The van der Waals surface area contributed by atoms with E-state index >= 15 is 0 Å². The topological polar surface area (TPSA) is 51.2 Å². The molecule has 0 bridgehead atoms. The number of hydrogen-bond acceptors (Lipinski definition) is 5. The number of likely N-dealkylation sites (tertiary alicyclic amines) is 1. The van der Waals surface area contributed by atoms with Crippen LogP contribution in [0.1, 0.15) is 19.3 Å². The summed E-state index contributed by atoms with van der Waals surface area (Å²) in [7, 11) is 0. The van der Waals surface area contributed by atoms with Gasteiger partial charge >= 0.3 is 0 Å². The van der Waals surface area contributed by atoms with Crippen LogP contribution in [0, 0.1) is 0 Å². The van der Waals surface area contributed by atoms with E-state index in [0.717, 1.165) is 19.4 Å². The minimum atomic E-state index is -0.146. The van der Waals surface area contributed by atoms with E-state index in [0.29, 0.717) is 46.1 Å². The quantitative estimate of drug-likeness (QED) is 0.734. The molecular weight excluding hydrogens is 260 g/mol. The molecule has 1 atom stereocenters. The van der Waals surface area contributed by atoms with Crippen molar-refractivity contribution in [3.63, 3.8) is 0 Å². The van der Waals surface area contributed by atoms with Crippen molar-refractivity contribution in [2.45, 2.75) is 31.6 Å².